The number of hydrogen-bond donors (Lipinski definition) is 2. The zero-order chi connectivity index (χ0) is 13.5. The number of nitrogens with zero attached hydrogens (tertiary/aromatic N) is 2. The van der Waals surface area contributed by atoms with Gasteiger partial charge in [-0.2, -0.15) is 8.75 Å². The molecule has 1 atom stereocenters. The van der Waals surface area contributed by atoms with Gasteiger partial charge in [-0.1, -0.05) is 13.8 Å². The summed E-state index contributed by atoms with van der Waals surface area (Å²) in [5.41, 5.74) is 0.277. The molecule has 18 heavy (non-hydrogen) atoms. The van der Waals surface area contributed by atoms with E-state index in [2.05, 4.69) is 14.1 Å². The van der Waals surface area contributed by atoms with Crippen LogP contribution >= 0.6 is 11.7 Å². The first-order valence-electron chi connectivity index (χ1n) is 5.76. The molecule has 0 aliphatic heterocycles. The van der Waals surface area contributed by atoms with Gasteiger partial charge in [-0.25, -0.2) is 0 Å². The molecule has 0 fully saturated rings. The number of carbonyl (C=O) groups excluding carboxylic acids is 1. The Bertz CT molecular complexity index is 392. The molecule has 0 aliphatic carbocycles. The number of hydrogen-bond acceptors (Lipinski definition) is 5. The first-order chi connectivity index (χ1) is 8.49. The largest absolute Gasteiger partial charge is 0.481 e. The zero-order valence-electron chi connectivity index (χ0n) is 10.4. The molecule has 0 aromatic carbocycles. The molecule has 0 radical (unpaired) electrons. The van der Waals surface area contributed by atoms with Crippen molar-refractivity contribution in [2.24, 2.45) is 11.8 Å². The van der Waals surface area contributed by atoms with Gasteiger partial charge < -0.3 is 10.4 Å². The van der Waals surface area contributed by atoms with Crippen molar-refractivity contribution in [1.29, 1.82) is 0 Å². The van der Waals surface area contributed by atoms with Crippen LogP contribution in [-0.4, -0.2) is 32.3 Å². The average molecular weight is 271 g/mol. The zero-order valence-corrected chi connectivity index (χ0v) is 11.2. The first-order valence-corrected chi connectivity index (χ1v) is 6.49. The van der Waals surface area contributed by atoms with Gasteiger partial charge in [0.2, 0.25) is 0 Å². The Morgan fingerprint density at radius 3 is 2.72 bits per heavy atom. The predicted octanol–water partition coefficient (Wildman–Crippen LogP) is 1.40. The Labute approximate surface area is 110 Å². The summed E-state index contributed by atoms with van der Waals surface area (Å²) in [4.78, 5) is 22.4. The highest BCUT2D eigenvalue weighted by Gasteiger charge is 2.17. The van der Waals surface area contributed by atoms with E-state index in [1.54, 1.807) is 0 Å². The molecular formula is C11H17N3O3S. The molecule has 1 aromatic heterocycles. The molecule has 100 valence electrons. The molecule has 0 saturated carbocycles. The monoisotopic (exact) mass is 271 g/mol. The number of nitrogens with one attached hydrogen (secondary N) is 1. The molecule has 1 amide bonds. The summed E-state index contributed by atoms with van der Waals surface area (Å²) in [5, 5.41) is 11.5. The van der Waals surface area contributed by atoms with Crippen LogP contribution < -0.4 is 5.32 Å². The minimum atomic E-state index is -0.842. The quantitative estimate of drug-likeness (QED) is 0.782. The van der Waals surface area contributed by atoms with Gasteiger partial charge in [-0.3, -0.25) is 9.59 Å². The van der Waals surface area contributed by atoms with Crippen molar-refractivity contribution in [3.63, 3.8) is 0 Å². The van der Waals surface area contributed by atoms with E-state index < -0.39 is 5.97 Å². The lowest BCUT2D eigenvalue weighted by molar-refractivity contribution is -0.138. The lowest BCUT2D eigenvalue weighted by Gasteiger charge is -2.17. The van der Waals surface area contributed by atoms with Crippen LogP contribution in [0.5, 0.6) is 0 Å². The predicted molar refractivity (Wildman–Crippen MR) is 67.4 cm³/mol. The molecule has 0 aliphatic rings. The van der Waals surface area contributed by atoms with Gasteiger partial charge in [-0.05, 0) is 18.3 Å². The molecule has 7 heteroatoms. The third kappa shape index (κ3) is 5.22. The van der Waals surface area contributed by atoms with Crippen LogP contribution in [0.2, 0.25) is 0 Å². The van der Waals surface area contributed by atoms with E-state index in [1.807, 2.05) is 13.8 Å². The summed E-state index contributed by atoms with van der Waals surface area (Å²) >= 11 is 0.969. The minimum Gasteiger partial charge on any atom is -0.481 e. The smallest absolute Gasteiger partial charge is 0.303 e. The molecule has 1 aromatic rings. The standard InChI is InChI=1S/C11H17N3O3S/c1-7(2)3-8(4-10(15)16)5-12-11(17)9-6-13-18-14-9/h6-8H,3-5H2,1-2H3,(H,12,17)(H,15,16)/t8-/m0/s1. The van der Waals surface area contributed by atoms with Crippen molar-refractivity contribution in [2.45, 2.75) is 26.7 Å². The summed E-state index contributed by atoms with van der Waals surface area (Å²) < 4.78 is 7.56. The van der Waals surface area contributed by atoms with E-state index in [4.69, 9.17) is 5.11 Å². The Hall–Kier alpha value is -1.50. The topological polar surface area (TPSA) is 92.2 Å². The van der Waals surface area contributed by atoms with Crippen LogP contribution in [0.25, 0.3) is 0 Å². The van der Waals surface area contributed by atoms with E-state index >= 15 is 0 Å². The number of aromatic nitrogens is 2. The van der Waals surface area contributed by atoms with Crippen molar-refractivity contribution in [1.82, 2.24) is 14.1 Å². The molecule has 1 heterocycles. The summed E-state index contributed by atoms with van der Waals surface area (Å²) in [7, 11) is 0. The minimum absolute atomic E-state index is 0.0574. The first kappa shape index (κ1) is 14.6. The van der Waals surface area contributed by atoms with E-state index in [9.17, 15) is 9.59 Å². The number of rotatable bonds is 7. The third-order valence-electron chi connectivity index (χ3n) is 2.41. The molecule has 1 rings (SSSR count). The van der Waals surface area contributed by atoms with Crippen LogP contribution in [0.15, 0.2) is 6.20 Å². The fourth-order valence-corrected chi connectivity index (χ4v) is 2.16. The van der Waals surface area contributed by atoms with Gasteiger partial charge in [0.05, 0.1) is 17.9 Å². The lowest BCUT2D eigenvalue weighted by atomic mass is 9.94. The Morgan fingerprint density at radius 1 is 1.50 bits per heavy atom. The molecule has 0 unspecified atom stereocenters. The van der Waals surface area contributed by atoms with Gasteiger partial charge in [-0.15, -0.1) is 0 Å². The molecular weight excluding hydrogens is 254 g/mol. The van der Waals surface area contributed by atoms with Crippen molar-refractivity contribution in [2.75, 3.05) is 6.54 Å². The maximum absolute atomic E-state index is 11.6. The van der Waals surface area contributed by atoms with Crippen LogP contribution in [0.4, 0.5) is 0 Å². The second-order valence-corrected chi connectivity index (χ2v) is 5.15. The second kappa shape index (κ2) is 7.05. The van der Waals surface area contributed by atoms with Crippen LogP contribution in [0.1, 0.15) is 37.2 Å². The van der Waals surface area contributed by atoms with Gasteiger partial charge >= 0.3 is 5.97 Å². The van der Waals surface area contributed by atoms with Gasteiger partial charge in [0.25, 0.3) is 5.91 Å². The average Bonchev–Trinajstić information content (AvgIpc) is 2.77. The van der Waals surface area contributed by atoms with Crippen molar-refractivity contribution >= 4 is 23.6 Å². The van der Waals surface area contributed by atoms with E-state index in [0.29, 0.717) is 12.5 Å². The summed E-state index contributed by atoms with van der Waals surface area (Å²) in [5.74, 6) is -0.807. The maximum atomic E-state index is 11.6. The fourth-order valence-electron chi connectivity index (χ4n) is 1.74. The maximum Gasteiger partial charge on any atom is 0.303 e. The van der Waals surface area contributed by atoms with Gasteiger partial charge in [0.15, 0.2) is 5.69 Å². The van der Waals surface area contributed by atoms with E-state index in [1.165, 1.54) is 6.20 Å². The third-order valence-corrected chi connectivity index (χ3v) is 2.89. The van der Waals surface area contributed by atoms with Crippen LogP contribution in [0.3, 0.4) is 0 Å². The molecule has 2 N–H and O–H groups in total. The lowest BCUT2D eigenvalue weighted by Crippen LogP contribution is -2.31. The number of amides is 1. The number of aliphatic carboxylic acids is 1. The number of carboxylic acid groups (broad SMARTS) is 1. The van der Waals surface area contributed by atoms with E-state index in [-0.39, 0.29) is 23.9 Å². The second-order valence-electron chi connectivity index (χ2n) is 4.60. The Balaban J connectivity index is 2.45. The summed E-state index contributed by atoms with van der Waals surface area (Å²) in [6.07, 6.45) is 2.23. The van der Waals surface area contributed by atoms with Crippen LogP contribution in [-0.2, 0) is 4.79 Å². The highest BCUT2D eigenvalue weighted by molar-refractivity contribution is 6.99. The van der Waals surface area contributed by atoms with Crippen molar-refractivity contribution in [3.05, 3.63) is 11.9 Å². The van der Waals surface area contributed by atoms with Gasteiger partial charge in [0, 0.05) is 13.0 Å². The Kier molecular flexibility index (Phi) is 5.70. The SMILES string of the molecule is CC(C)C[C@H](CNC(=O)c1cnsn1)CC(=O)O. The van der Waals surface area contributed by atoms with Crippen molar-refractivity contribution in [3.8, 4) is 0 Å². The van der Waals surface area contributed by atoms with E-state index in [0.717, 1.165) is 18.1 Å². The normalized spacial score (nSPS) is 12.4. The molecule has 0 bridgehead atoms. The van der Waals surface area contributed by atoms with Crippen LogP contribution in [0, 0.1) is 11.8 Å². The fraction of sp³-hybridized carbons (Fsp3) is 0.636. The summed E-state index contributed by atoms with van der Waals surface area (Å²) in [6.45, 7) is 4.41. The summed E-state index contributed by atoms with van der Waals surface area (Å²) in [6, 6.07) is 0. The van der Waals surface area contributed by atoms with Crippen molar-refractivity contribution < 1.29 is 14.7 Å². The van der Waals surface area contributed by atoms with Gasteiger partial charge in [0.1, 0.15) is 0 Å². The Morgan fingerprint density at radius 2 is 2.22 bits per heavy atom. The number of carboxylic acids is 1. The highest BCUT2D eigenvalue weighted by atomic mass is 32.1. The highest BCUT2D eigenvalue weighted by Crippen LogP contribution is 2.14. The number of carbonyl (C=O) groups is 2. The molecule has 0 spiro atoms. The molecule has 6 nitrogen and oxygen atoms in total. The molecule has 0 saturated heterocycles.